The molecule has 36 heavy (non-hydrogen) atoms. The van der Waals surface area contributed by atoms with Crippen LogP contribution in [0.1, 0.15) is 0 Å². The minimum absolute atomic E-state index is 0.0565. The van der Waals surface area contributed by atoms with Crippen molar-refractivity contribution in [1.29, 1.82) is 0 Å². The third-order valence-electron chi connectivity index (χ3n) is 5.13. The van der Waals surface area contributed by atoms with E-state index in [0.29, 0.717) is 21.5 Å². The SMILES string of the molecule is COCCOC(=O)N1CCN(S(=O)(=O)c2cc(F)c(Oc3ccc(Cl)cc3)c(F)c2)[C@@H](C(=O)NO)C1. The van der Waals surface area contributed by atoms with Gasteiger partial charge in [0, 0.05) is 31.8 Å². The van der Waals surface area contributed by atoms with Crippen molar-refractivity contribution in [2.75, 3.05) is 40.0 Å². The highest BCUT2D eigenvalue weighted by molar-refractivity contribution is 7.89. The van der Waals surface area contributed by atoms with Crippen LogP contribution in [-0.4, -0.2) is 80.8 Å². The molecule has 1 saturated heterocycles. The number of hydrogen-bond acceptors (Lipinski definition) is 8. The Morgan fingerprint density at radius 3 is 2.36 bits per heavy atom. The third-order valence-corrected chi connectivity index (χ3v) is 7.27. The summed E-state index contributed by atoms with van der Waals surface area (Å²) in [6.07, 6.45) is -0.833. The molecule has 1 fully saturated rings. The standard InChI is InChI=1S/C21H22ClF2N3O8S/c1-33-8-9-34-21(29)26-6-7-27(18(12-26)20(28)25-30)36(31,32)15-10-16(23)19(17(24)11-15)35-14-4-2-13(22)3-5-14/h2-5,10-11,18,30H,6-9,12H2,1H3,(H,25,28)/t18-/m1/s1. The zero-order valence-corrected chi connectivity index (χ0v) is 20.4. The van der Waals surface area contributed by atoms with Gasteiger partial charge in [-0.25, -0.2) is 27.5 Å². The quantitative estimate of drug-likeness (QED) is 0.291. The summed E-state index contributed by atoms with van der Waals surface area (Å²) in [6.45, 7) is -1.06. The molecule has 1 heterocycles. The Labute approximate surface area is 210 Å². The number of sulfonamides is 1. The summed E-state index contributed by atoms with van der Waals surface area (Å²) >= 11 is 5.77. The molecule has 1 aliphatic heterocycles. The first-order valence-electron chi connectivity index (χ1n) is 10.4. The largest absolute Gasteiger partial charge is 0.451 e. The van der Waals surface area contributed by atoms with Crippen LogP contribution in [0.4, 0.5) is 13.6 Å². The monoisotopic (exact) mass is 549 g/mol. The fourth-order valence-electron chi connectivity index (χ4n) is 3.35. The number of carbonyl (C=O) groups is 2. The number of methoxy groups -OCH3 is 1. The first-order valence-corrected chi connectivity index (χ1v) is 12.2. The highest BCUT2D eigenvalue weighted by Gasteiger charge is 2.42. The van der Waals surface area contributed by atoms with Crippen LogP contribution < -0.4 is 10.2 Å². The maximum atomic E-state index is 14.7. The Kier molecular flexibility index (Phi) is 9.03. The number of piperazine rings is 1. The fourth-order valence-corrected chi connectivity index (χ4v) is 5.07. The topological polar surface area (TPSA) is 135 Å². The van der Waals surface area contributed by atoms with Gasteiger partial charge in [0.05, 0.1) is 11.5 Å². The van der Waals surface area contributed by atoms with Crippen molar-refractivity contribution in [3.63, 3.8) is 0 Å². The predicted octanol–water partition coefficient (Wildman–Crippen LogP) is 2.37. The van der Waals surface area contributed by atoms with E-state index < -0.39 is 63.4 Å². The van der Waals surface area contributed by atoms with Gasteiger partial charge in [0.2, 0.25) is 10.0 Å². The van der Waals surface area contributed by atoms with Gasteiger partial charge in [0.15, 0.2) is 17.4 Å². The number of nitrogens with zero attached hydrogens (tertiary/aromatic N) is 2. The van der Waals surface area contributed by atoms with Gasteiger partial charge in [0.25, 0.3) is 5.91 Å². The first-order chi connectivity index (χ1) is 17.1. The van der Waals surface area contributed by atoms with Gasteiger partial charge in [-0.3, -0.25) is 10.0 Å². The number of amides is 2. The van der Waals surface area contributed by atoms with E-state index >= 15 is 0 Å². The van der Waals surface area contributed by atoms with Crippen molar-refractivity contribution in [3.8, 4) is 11.5 Å². The average molecular weight is 550 g/mol. The summed E-state index contributed by atoms with van der Waals surface area (Å²) in [4.78, 5) is 24.7. The summed E-state index contributed by atoms with van der Waals surface area (Å²) in [5, 5.41) is 9.47. The second-order valence-corrected chi connectivity index (χ2v) is 9.76. The number of carbonyl (C=O) groups excluding carboxylic acids is 2. The van der Waals surface area contributed by atoms with Gasteiger partial charge in [0.1, 0.15) is 18.4 Å². The molecule has 0 spiro atoms. The smallest absolute Gasteiger partial charge is 0.409 e. The summed E-state index contributed by atoms with van der Waals surface area (Å²) in [5.41, 5.74) is 1.34. The van der Waals surface area contributed by atoms with E-state index in [2.05, 4.69) is 0 Å². The van der Waals surface area contributed by atoms with E-state index in [1.54, 1.807) is 0 Å². The molecule has 0 radical (unpaired) electrons. The highest BCUT2D eigenvalue weighted by atomic mass is 35.5. The normalized spacial score (nSPS) is 16.5. The Hall–Kier alpha value is -3.04. The van der Waals surface area contributed by atoms with Crippen LogP contribution in [0.15, 0.2) is 41.3 Å². The molecule has 11 nitrogen and oxygen atoms in total. The molecule has 0 bridgehead atoms. The van der Waals surface area contributed by atoms with Crippen molar-refractivity contribution in [3.05, 3.63) is 53.1 Å². The first kappa shape index (κ1) is 27.5. The lowest BCUT2D eigenvalue weighted by Crippen LogP contribution is -2.61. The van der Waals surface area contributed by atoms with Gasteiger partial charge in [-0.1, -0.05) is 11.6 Å². The summed E-state index contributed by atoms with van der Waals surface area (Å²) in [7, 11) is -3.26. The van der Waals surface area contributed by atoms with E-state index in [4.69, 9.17) is 31.0 Å². The van der Waals surface area contributed by atoms with E-state index in [9.17, 15) is 26.8 Å². The molecule has 3 rings (SSSR count). The van der Waals surface area contributed by atoms with Crippen molar-refractivity contribution < 1.29 is 46.2 Å². The maximum Gasteiger partial charge on any atom is 0.409 e. The molecule has 2 N–H and O–H groups in total. The molecule has 2 aromatic rings. The molecule has 0 aliphatic carbocycles. The zero-order valence-electron chi connectivity index (χ0n) is 18.8. The number of benzene rings is 2. The lowest BCUT2D eigenvalue weighted by molar-refractivity contribution is -0.134. The number of nitrogens with one attached hydrogen (secondary N) is 1. The molecule has 0 unspecified atom stereocenters. The van der Waals surface area contributed by atoms with Crippen LogP contribution >= 0.6 is 11.6 Å². The van der Waals surface area contributed by atoms with Crippen LogP contribution in [-0.2, 0) is 24.3 Å². The molecule has 0 saturated carbocycles. The molecular weight excluding hydrogens is 528 g/mol. The molecular formula is C21H22ClF2N3O8S. The molecule has 1 aliphatic rings. The Balaban J connectivity index is 1.85. The van der Waals surface area contributed by atoms with Crippen LogP contribution in [0, 0.1) is 11.6 Å². The Morgan fingerprint density at radius 1 is 1.14 bits per heavy atom. The van der Waals surface area contributed by atoms with Gasteiger partial charge in [-0.05, 0) is 36.4 Å². The van der Waals surface area contributed by atoms with Crippen LogP contribution in [0.2, 0.25) is 5.02 Å². The summed E-state index contributed by atoms with van der Waals surface area (Å²) in [5.74, 6) is -4.57. The number of hydroxylamine groups is 1. The second kappa shape index (κ2) is 11.8. The molecule has 15 heteroatoms. The third kappa shape index (κ3) is 6.20. The van der Waals surface area contributed by atoms with Crippen molar-refractivity contribution in [1.82, 2.24) is 14.7 Å². The van der Waals surface area contributed by atoms with Crippen LogP contribution in [0.5, 0.6) is 11.5 Å². The number of rotatable bonds is 8. The fraction of sp³-hybridized carbons (Fsp3) is 0.333. The number of hydrogen-bond donors (Lipinski definition) is 2. The van der Waals surface area contributed by atoms with Crippen molar-refractivity contribution in [2.45, 2.75) is 10.9 Å². The van der Waals surface area contributed by atoms with E-state index in [-0.39, 0.29) is 25.5 Å². The summed E-state index contributed by atoms with van der Waals surface area (Å²) < 4.78 is 71.5. The van der Waals surface area contributed by atoms with Gasteiger partial charge in [-0.15, -0.1) is 0 Å². The minimum Gasteiger partial charge on any atom is -0.451 e. The lowest BCUT2D eigenvalue weighted by Gasteiger charge is -2.38. The van der Waals surface area contributed by atoms with Gasteiger partial charge in [-0.2, -0.15) is 4.31 Å². The molecule has 0 aromatic heterocycles. The highest BCUT2D eigenvalue weighted by Crippen LogP contribution is 2.32. The second-order valence-electron chi connectivity index (χ2n) is 7.43. The van der Waals surface area contributed by atoms with Crippen LogP contribution in [0.25, 0.3) is 0 Å². The van der Waals surface area contributed by atoms with Crippen molar-refractivity contribution in [2.24, 2.45) is 0 Å². The molecule has 2 amide bonds. The van der Waals surface area contributed by atoms with Crippen LogP contribution in [0.3, 0.4) is 0 Å². The minimum atomic E-state index is -4.67. The van der Waals surface area contributed by atoms with Crippen molar-refractivity contribution >= 4 is 33.6 Å². The lowest BCUT2D eigenvalue weighted by atomic mass is 10.2. The predicted molar refractivity (Wildman–Crippen MR) is 120 cm³/mol. The molecule has 2 aromatic carbocycles. The summed E-state index contributed by atoms with van der Waals surface area (Å²) in [6, 6.07) is 5.08. The number of halogens is 3. The van der Waals surface area contributed by atoms with Gasteiger partial charge < -0.3 is 19.1 Å². The van der Waals surface area contributed by atoms with E-state index in [1.165, 1.54) is 36.9 Å². The maximum absolute atomic E-state index is 14.7. The van der Waals surface area contributed by atoms with Gasteiger partial charge >= 0.3 is 6.09 Å². The van der Waals surface area contributed by atoms with E-state index in [0.717, 1.165) is 4.90 Å². The average Bonchev–Trinajstić information content (AvgIpc) is 2.86. The zero-order chi connectivity index (χ0) is 26.5. The number of ether oxygens (including phenoxy) is 3. The molecule has 196 valence electrons. The van der Waals surface area contributed by atoms with E-state index in [1.807, 2.05) is 0 Å². The Bertz CT molecular complexity index is 1190. The molecule has 1 atom stereocenters. The Morgan fingerprint density at radius 2 is 1.78 bits per heavy atom.